The number of halogens is 4. The van der Waals surface area contributed by atoms with Crippen LogP contribution < -0.4 is 0 Å². The van der Waals surface area contributed by atoms with Crippen LogP contribution in [0.15, 0.2) is 23.1 Å². The maximum absolute atomic E-state index is 13.3. The van der Waals surface area contributed by atoms with Crippen molar-refractivity contribution in [2.45, 2.75) is 16.7 Å². The molecule has 86 valence electrons. The number of ketones is 1. The molecule has 0 saturated heterocycles. The number of hydrogen-bond donors (Lipinski definition) is 0. The molecule has 16 heavy (non-hydrogen) atoms. The van der Waals surface area contributed by atoms with E-state index < -0.39 is 28.8 Å². The second kappa shape index (κ2) is 3.23. The first-order valence-corrected chi connectivity index (χ1v) is 5.54. The quantitative estimate of drug-likeness (QED) is 0.561. The van der Waals surface area contributed by atoms with E-state index in [1.807, 2.05) is 0 Å². The standard InChI is InChI=1S/C10H6F4OS/c1-16-6-4-2-3-5-7(6)8(15)10(13,14)9(5,11)12/h2-4H,1H3. The number of carbonyl (C=O) groups excluding carboxylic acids is 1. The summed E-state index contributed by atoms with van der Waals surface area (Å²) >= 11 is 0.992. The van der Waals surface area contributed by atoms with Gasteiger partial charge in [-0.25, -0.2) is 0 Å². The lowest BCUT2D eigenvalue weighted by molar-refractivity contribution is -0.176. The molecule has 2 rings (SSSR count). The molecule has 1 nitrogen and oxygen atoms in total. The normalized spacial score (nSPS) is 20.9. The Balaban J connectivity index is 2.77. The van der Waals surface area contributed by atoms with E-state index in [1.54, 1.807) is 0 Å². The number of alkyl halides is 4. The van der Waals surface area contributed by atoms with Crippen LogP contribution in [0.4, 0.5) is 17.6 Å². The van der Waals surface area contributed by atoms with Gasteiger partial charge >= 0.3 is 11.8 Å². The van der Waals surface area contributed by atoms with Crippen LogP contribution in [0.5, 0.6) is 0 Å². The zero-order chi connectivity index (χ0) is 12.1. The van der Waals surface area contributed by atoms with Gasteiger partial charge in [-0.2, -0.15) is 17.6 Å². The molecular weight excluding hydrogens is 244 g/mol. The van der Waals surface area contributed by atoms with Gasteiger partial charge in [0.2, 0.25) is 5.78 Å². The molecular formula is C10H6F4OS. The maximum atomic E-state index is 13.3. The van der Waals surface area contributed by atoms with E-state index in [0.717, 1.165) is 17.8 Å². The smallest absolute Gasteiger partial charge is 0.287 e. The van der Waals surface area contributed by atoms with Gasteiger partial charge in [0.1, 0.15) is 0 Å². The molecule has 0 aliphatic heterocycles. The highest BCUT2D eigenvalue weighted by Gasteiger charge is 2.69. The predicted octanol–water partition coefficient (Wildman–Crippen LogP) is 3.33. The fourth-order valence-electron chi connectivity index (χ4n) is 1.67. The largest absolute Gasteiger partial charge is 0.376 e. The summed E-state index contributed by atoms with van der Waals surface area (Å²) in [4.78, 5) is 11.4. The molecule has 0 aromatic heterocycles. The first-order chi connectivity index (χ1) is 7.34. The van der Waals surface area contributed by atoms with Crippen molar-refractivity contribution in [1.29, 1.82) is 0 Å². The van der Waals surface area contributed by atoms with Crippen LogP contribution >= 0.6 is 11.8 Å². The fourth-order valence-corrected chi connectivity index (χ4v) is 2.29. The van der Waals surface area contributed by atoms with Crippen molar-refractivity contribution in [3.8, 4) is 0 Å². The first-order valence-electron chi connectivity index (χ1n) is 4.32. The van der Waals surface area contributed by atoms with Crippen molar-refractivity contribution < 1.29 is 22.4 Å². The summed E-state index contributed by atoms with van der Waals surface area (Å²) in [6, 6.07) is 3.49. The first kappa shape index (κ1) is 11.4. The second-order valence-corrected chi connectivity index (χ2v) is 4.21. The Hall–Kier alpha value is -1.04. The molecule has 0 atom stereocenters. The van der Waals surface area contributed by atoms with Gasteiger partial charge < -0.3 is 0 Å². The van der Waals surface area contributed by atoms with Crippen LogP contribution in [0.25, 0.3) is 0 Å². The Kier molecular flexibility index (Phi) is 2.31. The minimum atomic E-state index is -4.64. The summed E-state index contributed by atoms with van der Waals surface area (Å²) in [6.07, 6.45) is 1.54. The van der Waals surface area contributed by atoms with Gasteiger partial charge in [-0.05, 0) is 12.3 Å². The van der Waals surface area contributed by atoms with Gasteiger partial charge in [-0.3, -0.25) is 4.79 Å². The molecule has 0 N–H and O–H groups in total. The molecule has 0 bridgehead atoms. The molecule has 1 aromatic rings. The number of fused-ring (bicyclic) bond motifs is 1. The summed E-state index contributed by atoms with van der Waals surface area (Å²) in [7, 11) is 0. The van der Waals surface area contributed by atoms with Crippen LogP contribution in [0.1, 0.15) is 15.9 Å². The summed E-state index contributed by atoms with van der Waals surface area (Å²) in [5.74, 6) is -10.8. The monoisotopic (exact) mass is 250 g/mol. The zero-order valence-corrected chi connectivity index (χ0v) is 8.88. The van der Waals surface area contributed by atoms with E-state index in [2.05, 4.69) is 0 Å². The molecule has 0 saturated carbocycles. The Labute approximate surface area is 92.8 Å². The number of rotatable bonds is 1. The third-order valence-electron chi connectivity index (χ3n) is 2.49. The summed E-state index contributed by atoms with van der Waals surface area (Å²) in [5.41, 5.74) is -1.43. The molecule has 0 radical (unpaired) electrons. The summed E-state index contributed by atoms with van der Waals surface area (Å²) in [5, 5.41) is 0. The SMILES string of the molecule is CSc1cccc2c1C(=O)C(F)(F)C2(F)F. The van der Waals surface area contributed by atoms with E-state index in [4.69, 9.17) is 0 Å². The van der Waals surface area contributed by atoms with E-state index in [-0.39, 0.29) is 4.90 Å². The topological polar surface area (TPSA) is 17.1 Å². The minimum absolute atomic E-state index is 0.152. The predicted molar refractivity (Wildman–Crippen MR) is 51.4 cm³/mol. The highest BCUT2D eigenvalue weighted by atomic mass is 32.2. The zero-order valence-electron chi connectivity index (χ0n) is 8.06. The Morgan fingerprint density at radius 3 is 2.31 bits per heavy atom. The van der Waals surface area contributed by atoms with E-state index >= 15 is 0 Å². The molecule has 0 amide bonds. The number of hydrogen-bond acceptors (Lipinski definition) is 2. The van der Waals surface area contributed by atoms with Crippen LogP contribution in [0.2, 0.25) is 0 Å². The molecule has 0 heterocycles. The van der Waals surface area contributed by atoms with Gasteiger partial charge in [0, 0.05) is 16.0 Å². The van der Waals surface area contributed by atoms with E-state index in [1.165, 1.54) is 18.4 Å². The number of Topliss-reactive ketones (excluding diaryl/α,β-unsaturated/α-hetero) is 1. The van der Waals surface area contributed by atoms with Gasteiger partial charge in [0.25, 0.3) is 0 Å². The van der Waals surface area contributed by atoms with Crippen LogP contribution in [0, 0.1) is 0 Å². The second-order valence-electron chi connectivity index (χ2n) is 3.36. The molecule has 6 heteroatoms. The van der Waals surface area contributed by atoms with Crippen molar-refractivity contribution >= 4 is 17.5 Å². The van der Waals surface area contributed by atoms with Crippen molar-refractivity contribution in [3.05, 3.63) is 29.3 Å². The highest BCUT2D eigenvalue weighted by Crippen LogP contribution is 2.53. The lowest BCUT2D eigenvalue weighted by Crippen LogP contribution is -2.37. The molecule has 0 unspecified atom stereocenters. The average molecular weight is 250 g/mol. The summed E-state index contributed by atoms with van der Waals surface area (Å²) in [6.45, 7) is 0. The van der Waals surface area contributed by atoms with Crippen LogP contribution in [-0.4, -0.2) is 18.0 Å². The third-order valence-corrected chi connectivity index (χ3v) is 3.27. The molecule has 1 aliphatic carbocycles. The van der Waals surface area contributed by atoms with Crippen molar-refractivity contribution in [2.75, 3.05) is 6.26 Å². The molecule has 0 fully saturated rings. The average Bonchev–Trinajstić information content (AvgIpc) is 2.38. The van der Waals surface area contributed by atoms with Gasteiger partial charge in [0.15, 0.2) is 0 Å². The third kappa shape index (κ3) is 1.16. The van der Waals surface area contributed by atoms with Gasteiger partial charge in [-0.15, -0.1) is 11.8 Å². The maximum Gasteiger partial charge on any atom is 0.376 e. The number of carbonyl (C=O) groups is 1. The molecule has 1 aliphatic rings. The Morgan fingerprint density at radius 2 is 1.75 bits per heavy atom. The fraction of sp³-hybridized carbons (Fsp3) is 0.300. The van der Waals surface area contributed by atoms with Gasteiger partial charge in [0.05, 0.1) is 0 Å². The number of benzene rings is 1. The van der Waals surface area contributed by atoms with Crippen molar-refractivity contribution in [2.24, 2.45) is 0 Å². The van der Waals surface area contributed by atoms with Crippen molar-refractivity contribution in [1.82, 2.24) is 0 Å². The molecule has 1 aromatic carbocycles. The Bertz CT molecular complexity index is 470. The highest BCUT2D eigenvalue weighted by molar-refractivity contribution is 7.98. The van der Waals surface area contributed by atoms with Gasteiger partial charge in [-0.1, -0.05) is 12.1 Å². The van der Waals surface area contributed by atoms with Crippen molar-refractivity contribution in [3.63, 3.8) is 0 Å². The number of thioether (sulfide) groups is 1. The Morgan fingerprint density at radius 1 is 1.12 bits per heavy atom. The van der Waals surface area contributed by atoms with E-state index in [9.17, 15) is 22.4 Å². The molecule has 0 spiro atoms. The minimum Gasteiger partial charge on any atom is -0.287 e. The lowest BCUT2D eigenvalue weighted by Gasteiger charge is -2.16. The lowest BCUT2D eigenvalue weighted by atomic mass is 10.1. The van der Waals surface area contributed by atoms with E-state index in [0.29, 0.717) is 0 Å². The van der Waals surface area contributed by atoms with Crippen LogP contribution in [-0.2, 0) is 5.92 Å². The van der Waals surface area contributed by atoms with Crippen LogP contribution in [0.3, 0.4) is 0 Å². The summed E-state index contributed by atoms with van der Waals surface area (Å²) < 4.78 is 52.8.